The molecule has 1 aliphatic rings. The Morgan fingerprint density at radius 1 is 1.06 bits per heavy atom. The second kappa shape index (κ2) is 10.4. The maximum absolute atomic E-state index is 11.6. The van der Waals surface area contributed by atoms with Crippen molar-refractivity contribution >= 4 is 5.91 Å². The largest absolute Gasteiger partial charge is 0.355 e. The molecule has 3 nitrogen and oxygen atoms in total. The number of carbonyl (C=O) groups excluding carboxylic acids is 1. The summed E-state index contributed by atoms with van der Waals surface area (Å²) in [6.07, 6.45) is 10.9. The van der Waals surface area contributed by atoms with E-state index in [0.717, 1.165) is 19.5 Å². The van der Waals surface area contributed by atoms with Crippen molar-refractivity contribution in [1.29, 1.82) is 0 Å². The highest BCUT2D eigenvalue weighted by Crippen LogP contribution is 2.07. The lowest BCUT2D eigenvalue weighted by Crippen LogP contribution is -2.33. The molecule has 1 rings (SSSR count). The second-order valence-electron chi connectivity index (χ2n) is 5.42. The number of likely N-dealkylation sites (tertiary alicyclic amines) is 1. The van der Waals surface area contributed by atoms with Crippen molar-refractivity contribution in [2.45, 2.75) is 64.7 Å². The zero-order valence-electron chi connectivity index (χ0n) is 12.0. The van der Waals surface area contributed by atoms with Gasteiger partial charge >= 0.3 is 0 Å². The first-order valence-electron chi connectivity index (χ1n) is 7.82. The molecule has 1 heterocycles. The van der Waals surface area contributed by atoms with E-state index >= 15 is 0 Å². The molecule has 0 aromatic heterocycles. The third-order valence-corrected chi connectivity index (χ3v) is 3.71. The van der Waals surface area contributed by atoms with Crippen LogP contribution in [0.4, 0.5) is 0 Å². The molecule has 1 N–H and O–H groups in total. The molecule has 1 saturated heterocycles. The summed E-state index contributed by atoms with van der Waals surface area (Å²) in [4.78, 5) is 14.0. The van der Waals surface area contributed by atoms with Gasteiger partial charge in [0.15, 0.2) is 0 Å². The number of hydrogen-bond acceptors (Lipinski definition) is 2. The Hall–Kier alpha value is -0.570. The summed E-state index contributed by atoms with van der Waals surface area (Å²) in [6, 6.07) is 0. The van der Waals surface area contributed by atoms with Crippen LogP contribution in [-0.4, -0.2) is 37.0 Å². The van der Waals surface area contributed by atoms with E-state index in [0.29, 0.717) is 6.42 Å². The minimum Gasteiger partial charge on any atom is -0.355 e. The van der Waals surface area contributed by atoms with Crippen LogP contribution in [0.1, 0.15) is 64.7 Å². The average molecular weight is 254 g/mol. The average Bonchev–Trinajstić information content (AvgIpc) is 2.87. The quantitative estimate of drug-likeness (QED) is 0.608. The Labute approximate surface area is 112 Å². The van der Waals surface area contributed by atoms with Gasteiger partial charge in [-0.3, -0.25) is 4.79 Å². The standard InChI is InChI=1S/C15H30N2O/c1-2-3-4-5-6-7-10-15(18)16-11-14-17-12-8-9-13-17/h2-14H2,1H3,(H,16,18). The third kappa shape index (κ3) is 7.70. The van der Waals surface area contributed by atoms with E-state index in [1.165, 1.54) is 58.0 Å². The molecule has 0 saturated carbocycles. The molecule has 0 aliphatic carbocycles. The van der Waals surface area contributed by atoms with E-state index in [1.54, 1.807) is 0 Å². The molecule has 1 aliphatic heterocycles. The highest BCUT2D eigenvalue weighted by atomic mass is 16.1. The topological polar surface area (TPSA) is 32.3 Å². The summed E-state index contributed by atoms with van der Waals surface area (Å²) < 4.78 is 0. The first-order chi connectivity index (χ1) is 8.83. The minimum absolute atomic E-state index is 0.240. The molecular formula is C15H30N2O. The van der Waals surface area contributed by atoms with E-state index in [4.69, 9.17) is 0 Å². The Kier molecular flexibility index (Phi) is 8.92. The first-order valence-corrected chi connectivity index (χ1v) is 7.82. The smallest absolute Gasteiger partial charge is 0.220 e. The maximum Gasteiger partial charge on any atom is 0.220 e. The summed E-state index contributed by atoms with van der Waals surface area (Å²) in [5, 5.41) is 3.03. The Morgan fingerprint density at radius 3 is 2.44 bits per heavy atom. The lowest BCUT2D eigenvalue weighted by Gasteiger charge is -2.14. The van der Waals surface area contributed by atoms with Gasteiger partial charge in [-0.2, -0.15) is 0 Å². The van der Waals surface area contributed by atoms with Crippen molar-refractivity contribution in [3.05, 3.63) is 0 Å². The van der Waals surface area contributed by atoms with Crippen LogP contribution in [0.25, 0.3) is 0 Å². The lowest BCUT2D eigenvalue weighted by atomic mass is 10.1. The molecule has 1 amide bonds. The highest BCUT2D eigenvalue weighted by molar-refractivity contribution is 5.75. The summed E-state index contributed by atoms with van der Waals surface area (Å²) in [7, 11) is 0. The van der Waals surface area contributed by atoms with Crippen molar-refractivity contribution < 1.29 is 4.79 Å². The number of nitrogens with one attached hydrogen (secondary N) is 1. The number of hydrogen-bond donors (Lipinski definition) is 1. The minimum atomic E-state index is 0.240. The zero-order valence-corrected chi connectivity index (χ0v) is 12.0. The molecule has 106 valence electrons. The monoisotopic (exact) mass is 254 g/mol. The molecule has 1 fully saturated rings. The van der Waals surface area contributed by atoms with Crippen molar-refractivity contribution in [3.63, 3.8) is 0 Å². The molecule has 0 spiro atoms. The van der Waals surface area contributed by atoms with E-state index < -0.39 is 0 Å². The number of nitrogens with zero attached hydrogens (tertiary/aromatic N) is 1. The summed E-state index contributed by atoms with van der Waals surface area (Å²) >= 11 is 0. The Morgan fingerprint density at radius 2 is 1.72 bits per heavy atom. The molecule has 0 unspecified atom stereocenters. The molecule has 0 atom stereocenters. The van der Waals surface area contributed by atoms with Gasteiger partial charge in [-0.05, 0) is 32.4 Å². The Balaban J connectivity index is 1.84. The predicted molar refractivity (Wildman–Crippen MR) is 76.7 cm³/mol. The second-order valence-corrected chi connectivity index (χ2v) is 5.42. The van der Waals surface area contributed by atoms with Gasteiger partial charge in [0.2, 0.25) is 5.91 Å². The molecule has 0 radical (unpaired) electrons. The van der Waals surface area contributed by atoms with Gasteiger partial charge in [-0.1, -0.05) is 39.0 Å². The highest BCUT2D eigenvalue weighted by Gasteiger charge is 2.10. The van der Waals surface area contributed by atoms with E-state index in [2.05, 4.69) is 17.1 Å². The predicted octanol–water partition coefficient (Wildman–Crippen LogP) is 2.95. The summed E-state index contributed by atoms with van der Waals surface area (Å²) in [6.45, 7) is 6.52. The molecule has 0 bridgehead atoms. The van der Waals surface area contributed by atoms with Crippen molar-refractivity contribution in [1.82, 2.24) is 10.2 Å². The molecule has 0 aromatic rings. The molecular weight excluding hydrogens is 224 g/mol. The lowest BCUT2D eigenvalue weighted by molar-refractivity contribution is -0.121. The molecule has 0 aromatic carbocycles. The van der Waals surface area contributed by atoms with Crippen LogP contribution in [0, 0.1) is 0 Å². The van der Waals surface area contributed by atoms with Crippen LogP contribution >= 0.6 is 0 Å². The van der Waals surface area contributed by atoms with Crippen LogP contribution < -0.4 is 5.32 Å². The van der Waals surface area contributed by atoms with Crippen LogP contribution in [-0.2, 0) is 4.79 Å². The van der Waals surface area contributed by atoms with Gasteiger partial charge in [-0.25, -0.2) is 0 Å². The maximum atomic E-state index is 11.6. The normalized spacial score (nSPS) is 16.1. The fourth-order valence-corrected chi connectivity index (χ4v) is 2.51. The number of rotatable bonds is 10. The van der Waals surface area contributed by atoms with Crippen LogP contribution in [0.15, 0.2) is 0 Å². The van der Waals surface area contributed by atoms with Crippen molar-refractivity contribution in [2.75, 3.05) is 26.2 Å². The molecule has 3 heteroatoms. The van der Waals surface area contributed by atoms with Crippen molar-refractivity contribution in [2.24, 2.45) is 0 Å². The Bertz CT molecular complexity index is 213. The van der Waals surface area contributed by atoms with Gasteiger partial charge in [-0.15, -0.1) is 0 Å². The summed E-state index contributed by atoms with van der Waals surface area (Å²) in [5.74, 6) is 0.240. The van der Waals surface area contributed by atoms with Gasteiger partial charge in [0, 0.05) is 19.5 Å². The van der Waals surface area contributed by atoms with E-state index in [1.807, 2.05) is 0 Å². The molecule has 18 heavy (non-hydrogen) atoms. The number of unbranched alkanes of at least 4 members (excludes halogenated alkanes) is 5. The van der Waals surface area contributed by atoms with Crippen LogP contribution in [0.2, 0.25) is 0 Å². The zero-order chi connectivity index (χ0) is 13.1. The number of carbonyl (C=O) groups is 1. The van der Waals surface area contributed by atoms with Gasteiger partial charge in [0.1, 0.15) is 0 Å². The van der Waals surface area contributed by atoms with Gasteiger partial charge in [0.25, 0.3) is 0 Å². The fourth-order valence-electron chi connectivity index (χ4n) is 2.51. The fraction of sp³-hybridized carbons (Fsp3) is 0.933. The van der Waals surface area contributed by atoms with E-state index in [-0.39, 0.29) is 5.91 Å². The SMILES string of the molecule is CCCCCCCCC(=O)NCCN1CCCC1. The van der Waals surface area contributed by atoms with E-state index in [9.17, 15) is 4.79 Å². The van der Waals surface area contributed by atoms with Gasteiger partial charge in [0.05, 0.1) is 0 Å². The first kappa shape index (κ1) is 15.5. The van der Waals surface area contributed by atoms with Crippen LogP contribution in [0.3, 0.4) is 0 Å². The van der Waals surface area contributed by atoms with Crippen LogP contribution in [0.5, 0.6) is 0 Å². The van der Waals surface area contributed by atoms with Crippen molar-refractivity contribution in [3.8, 4) is 0 Å². The van der Waals surface area contributed by atoms with Gasteiger partial charge < -0.3 is 10.2 Å². The summed E-state index contributed by atoms with van der Waals surface area (Å²) in [5.41, 5.74) is 0. The number of amides is 1. The third-order valence-electron chi connectivity index (χ3n) is 3.71.